The lowest BCUT2D eigenvalue weighted by atomic mass is 9.88. The van der Waals surface area contributed by atoms with Gasteiger partial charge in [0.25, 0.3) is 0 Å². The molecule has 2 heterocycles. The van der Waals surface area contributed by atoms with Gasteiger partial charge in [0.1, 0.15) is 5.60 Å². The van der Waals surface area contributed by atoms with Gasteiger partial charge in [-0.25, -0.2) is 0 Å². The smallest absolute Gasteiger partial charge is 0.103 e. The molecule has 72 valence electrons. The van der Waals surface area contributed by atoms with Crippen LogP contribution in [0.2, 0.25) is 0 Å². The summed E-state index contributed by atoms with van der Waals surface area (Å²) in [5.74, 6) is 0.216. The van der Waals surface area contributed by atoms with E-state index in [0.29, 0.717) is 6.61 Å². The third kappa shape index (κ3) is 1.61. The van der Waals surface area contributed by atoms with Crippen molar-refractivity contribution in [3.05, 3.63) is 16.6 Å². The molecule has 1 aromatic heterocycles. The quantitative estimate of drug-likeness (QED) is 0.782. The van der Waals surface area contributed by atoms with Gasteiger partial charge < -0.3 is 9.84 Å². The van der Waals surface area contributed by atoms with E-state index >= 15 is 0 Å². The molecule has 1 saturated heterocycles. The fourth-order valence-electron chi connectivity index (χ4n) is 1.64. The van der Waals surface area contributed by atoms with Crippen LogP contribution in [0.5, 0.6) is 0 Å². The minimum atomic E-state index is -0.766. The van der Waals surface area contributed by atoms with Crippen molar-refractivity contribution in [3.8, 4) is 0 Å². The minimum Gasteiger partial charge on any atom is -0.384 e. The van der Waals surface area contributed by atoms with Crippen molar-refractivity contribution in [1.82, 2.24) is 4.98 Å². The van der Waals surface area contributed by atoms with Crippen molar-refractivity contribution in [1.29, 1.82) is 0 Å². The van der Waals surface area contributed by atoms with Crippen LogP contribution in [0, 0.1) is 5.92 Å². The van der Waals surface area contributed by atoms with E-state index in [2.05, 4.69) is 4.98 Å². The Kier molecular flexibility index (Phi) is 2.36. The van der Waals surface area contributed by atoms with Gasteiger partial charge in [-0.15, -0.1) is 11.3 Å². The summed E-state index contributed by atoms with van der Waals surface area (Å²) in [6, 6.07) is 0. The predicted molar refractivity (Wildman–Crippen MR) is 50.6 cm³/mol. The Balaban J connectivity index is 2.19. The monoisotopic (exact) mass is 199 g/mol. The SMILES string of the molecule is CC(O)(c1cncs1)C1CCOC1. The molecule has 0 amide bonds. The van der Waals surface area contributed by atoms with Crippen molar-refractivity contribution in [2.45, 2.75) is 18.9 Å². The van der Waals surface area contributed by atoms with Gasteiger partial charge in [-0.05, 0) is 13.3 Å². The summed E-state index contributed by atoms with van der Waals surface area (Å²) in [6.07, 6.45) is 2.67. The summed E-state index contributed by atoms with van der Waals surface area (Å²) in [7, 11) is 0. The molecule has 0 bridgehead atoms. The number of hydrogen-bond acceptors (Lipinski definition) is 4. The van der Waals surface area contributed by atoms with Crippen molar-refractivity contribution in [2.24, 2.45) is 5.92 Å². The molecule has 1 aromatic rings. The Morgan fingerprint density at radius 2 is 2.62 bits per heavy atom. The zero-order valence-electron chi connectivity index (χ0n) is 7.56. The van der Waals surface area contributed by atoms with Crippen LogP contribution in [-0.2, 0) is 10.3 Å². The molecule has 1 N–H and O–H groups in total. The molecule has 1 aliphatic heterocycles. The highest BCUT2D eigenvalue weighted by molar-refractivity contribution is 7.09. The number of aromatic nitrogens is 1. The van der Waals surface area contributed by atoms with Gasteiger partial charge in [0.15, 0.2) is 0 Å². The van der Waals surface area contributed by atoms with Crippen LogP contribution < -0.4 is 0 Å². The molecule has 13 heavy (non-hydrogen) atoms. The Labute approximate surface area is 81.4 Å². The molecule has 0 radical (unpaired) electrons. The molecule has 3 nitrogen and oxygen atoms in total. The predicted octanol–water partition coefficient (Wildman–Crippen LogP) is 1.39. The summed E-state index contributed by atoms with van der Waals surface area (Å²) in [5, 5.41) is 10.3. The van der Waals surface area contributed by atoms with Crippen molar-refractivity contribution in [3.63, 3.8) is 0 Å². The van der Waals surface area contributed by atoms with E-state index < -0.39 is 5.60 Å². The fraction of sp³-hybridized carbons (Fsp3) is 0.667. The highest BCUT2D eigenvalue weighted by atomic mass is 32.1. The molecule has 0 aromatic carbocycles. The van der Waals surface area contributed by atoms with E-state index in [1.54, 1.807) is 11.7 Å². The molecule has 1 fully saturated rings. The van der Waals surface area contributed by atoms with E-state index in [0.717, 1.165) is 17.9 Å². The number of thiazole rings is 1. The average Bonchev–Trinajstić information content (AvgIpc) is 2.78. The lowest BCUT2D eigenvalue weighted by molar-refractivity contribution is -0.00663. The summed E-state index contributed by atoms with van der Waals surface area (Å²) >= 11 is 1.50. The molecule has 2 atom stereocenters. The maximum absolute atomic E-state index is 10.3. The van der Waals surface area contributed by atoms with Crippen molar-refractivity contribution < 1.29 is 9.84 Å². The third-order valence-electron chi connectivity index (χ3n) is 2.66. The van der Waals surface area contributed by atoms with Crippen LogP contribution in [0.3, 0.4) is 0 Å². The zero-order chi connectivity index (χ0) is 9.31. The first-order valence-electron chi connectivity index (χ1n) is 4.40. The van der Waals surface area contributed by atoms with E-state index in [-0.39, 0.29) is 5.92 Å². The standard InChI is InChI=1S/C9H13NO2S/c1-9(11,7-2-3-12-5-7)8-4-10-6-13-8/h4,6-7,11H,2-3,5H2,1H3. The molecule has 1 aliphatic rings. The van der Waals surface area contributed by atoms with Crippen molar-refractivity contribution >= 4 is 11.3 Å². The van der Waals surface area contributed by atoms with Crippen LogP contribution in [0.15, 0.2) is 11.7 Å². The van der Waals surface area contributed by atoms with Gasteiger partial charge in [-0.1, -0.05) is 0 Å². The maximum Gasteiger partial charge on any atom is 0.103 e. The molecular formula is C9H13NO2S. The van der Waals surface area contributed by atoms with Gasteiger partial charge >= 0.3 is 0 Å². The summed E-state index contributed by atoms with van der Waals surface area (Å²) < 4.78 is 5.27. The van der Waals surface area contributed by atoms with Crippen molar-refractivity contribution in [2.75, 3.05) is 13.2 Å². The summed E-state index contributed by atoms with van der Waals surface area (Å²) in [6.45, 7) is 3.27. The number of aliphatic hydroxyl groups is 1. The normalized spacial score (nSPS) is 27.4. The van der Waals surface area contributed by atoms with Crippen LogP contribution >= 0.6 is 11.3 Å². The molecule has 2 rings (SSSR count). The third-order valence-corrected chi connectivity index (χ3v) is 3.66. The first-order valence-corrected chi connectivity index (χ1v) is 5.28. The van der Waals surface area contributed by atoms with E-state index in [9.17, 15) is 5.11 Å². The van der Waals surface area contributed by atoms with E-state index in [4.69, 9.17) is 4.74 Å². The number of hydrogen-bond donors (Lipinski definition) is 1. The largest absolute Gasteiger partial charge is 0.384 e. The zero-order valence-corrected chi connectivity index (χ0v) is 8.38. The Morgan fingerprint density at radius 3 is 3.15 bits per heavy atom. The van der Waals surface area contributed by atoms with Gasteiger partial charge in [0, 0.05) is 18.7 Å². The van der Waals surface area contributed by atoms with Crippen LogP contribution in [0.25, 0.3) is 0 Å². The second-order valence-electron chi connectivity index (χ2n) is 3.57. The van der Waals surface area contributed by atoms with Crippen LogP contribution in [0.1, 0.15) is 18.2 Å². The second-order valence-corrected chi connectivity index (χ2v) is 4.46. The second kappa shape index (κ2) is 3.36. The Bertz CT molecular complexity index is 265. The van der Waals surface area contributed by atoms with Crippen LogP contribution in [-0.4, -0.2) is 23.3 Å². The van der Waals surface area contributed by atoms with Gasteiger partial charge in [0.2, 0.25) is 0 Å². The first-order chi connectivity index (χ1) is 6.21. The molecule has 2 unspecified atom stereocenters. The fourth-order valence-corrected chi connectivity index (χ4v) is 2.41. The van der Waals surface area contributed by atoms with Gasteiger partial charge in [0.05, 0.1) is 17.0 Å². The molecule has 0 spiro atoms. The first kappa shape index (κ1) is 9.12. The number of rotatable bonds is 2. The maximum atomic E-state index is 10.3. The number of nitrogens with zero attached hydrogens (tertiary/aromatic N) is 1. The Morgan fingerprint density at radius 1 is 1.77 bits per heavy atom. The molecule has 4 heteroatoms. The minimum absolute atomic E-state index is 0.216. The lowest BCUT2D eigenvalue weighted by Gasteiger charge is -2.27. The lowest BCUT2D eigenvalue weighted by Crippen LogP contribution is -2.31. The molecular weight excluding hydrogens is 186 g/mol. The molecule has 0 saturated carbocycles. The van der Waals surface area contributed by atoms with Crippen LogP contribution in [0.4, 0.5) is 0 Å². The summed E-state index contributed by atoms with van der Waals surface area (Å²) in [4.78, 5) is 4.91. The van der Waals surface area contributed by atoms with Gasteiger partial charge in [-0.2, -0.15) is 0 Å². The van der Waals surface area contributed by atoms with E-state index in [1.165, 1.54) is 11.3 Å². The Hall–Kier alpha value is -0.450. The topological polar surface area (TPSA) is 42.4 Å². The summed E-state index contributed by atoms with van der Waals surface area (Å²) in [5.41, 5.74) is 0.983. The number of ether oxygens (including phenoxy) is 1. The molecule has 0 aliphatic carbocycles. The average molecular weight is 199 g/mol. The highest BCUT2D eigenvalue weighted by Gasteiger charge is 2.37. The van der Waals surface area contributed by atoms with E-state index in [1.807, 2.05) is 6.92 Å². The van der Waals surface area contributed by atoms with Gasteiger partial charge in [-0.3, -0.25) is 4.98 Å². The highest BCUT2D eigenvalue weighted by Crippen LogP contribution is 2.36.